The van der Waals surface area contributed by atoms with Crippen molar-refractivity contribution in [3.63, 3.8) is 0 Å². The van der Waals surface area contributed by atoms with Gasteiger partial charge in [0.15, 0.2) is 17.1 Å². The van der Waals surface area contributed by atoms with Gasteiger partial charge in [0.2, 0.25) is 0 Å². The number of alkyl halides is 6. The molecule has 4 aromatic heterocycles. The maximum atomic E-state index is 12.8. The van der Waals surface area contributed by atoms with E-state index in [-0.39, 0.29) is 37.0 Å². The van der Waals surface area contributed by atoms with E-state index in [1.54, 1.807) is 70.0 Å². The van der Waals surface area contributed by atoms with Crippen LogP contribution in [0, 0.1) is 13.8 Å². The van der Waals surface area contributed by atoms with Crippen molar-refractivity contribution >= 4 is 73.5 Å². The van der Waals surface area contributed by atoms with E-state index in [0.29, 0.717) is 66.3 Å². The van der Waals surface area contributed by atoms with E-state index in [4.69, 9.17) is 11.6 Å². The molecule has 0 bridgehead atoms. The number of aryl methyl sites for hydroxylation is 2. The average molecular weight is 1010 g/mol. The van der Waals surface area contributed by atoms with Gasteiger partial charge in [-0.2, -0.15) is 31.4 Å². The van der Waals surface area contributed by atoms with Crippen LogP contribution in [0.3, 0.4) is 0 Å². The number of hydrogen-bond acceptors (Lipinski definition) is 9. The fourth-order valence-electron chi connectivity index (χ4n) is 7.12. The number of anilines is 4. The zero-order valence-corrected chi connectivity index (χ0v) is 38.3. The van der Waals surface area contributed by atoms with Crippen molar-refractivity contribution < 1.29 is 35.9 Å². The van der Waals surface area contributed by atoms with Crippen LogP contribution in [0.25, 0.3) is 33.8 Å². The summed E-state index contributed by atoms with van der Waals surface area (Å²) in [5.41, 5.74) is 8.05. The summed E-state index contributed by atoms with van der Waals surface area (Å²) >= 11 is 9.28. The molecule has 4 heterocycles. The maximum absolute atomic E-state index is 12.8. The van der Waals surface area contributed by atoms with Gasteiger partial charge in [-0.15, -0.1) is 5.10 Å². The Labute approximate surface area is 393 Å². The van der Waals surface area contributed by atoms with Gasteiger partial charge in [-0.1, -0.05) is 23.7 Å². The first-order valence-corrected chi connectivity index (χ1v) is 22.5. The molecule has 0 unspecified atom stereocenters. The van der Waals surface area contributed by atoms with E-state index in [1.165, 1.54) is 0 Å². The summed E-state index contributed by atoms with van der Waals surface area (Å²) < 4.78 is 79.3. The second kappa shape index (κ2) is 19.4. The van der Waals surface area contributed by atoms with Gasteiger partial charge in [0.1, 0.15) is 4.60 Å². The van der Waals surface area contributed by atoms with Crippen molar-refractivity contribution in [3.8, 4) is 22.5 Å². The number of benzene rings is 3. The number of hydrogen-bond donors (Lipinski definition) is 5. The highest BCUT2D eigenvalue weighted by atomic mass is 79.9. The Morgan fingerprint density at radius 3 is 1.58 bits per heavy atom. The van der Waals surface area contributed by atoms with Gasteiger partial charge in [-0.05, 0) is 121 Å². The molecule has 0 saturated heterocycles. The van der Waals surface area contributed by atoms with Crippen LogP contribution in [0.2, 0.25) is 5.02 Å². The first-order chi connectivity index (χ1) is 31.9. The molecule has 0 radical (unpaired) electrons. The van der Waals surface area contributed by atoms with Gasteiger partial charge >= 0.3 is 12.4 Å². The van der Waals surface area contributed by atoms with Crippen molar-refractivity contribution in [2.24, 2.45) is 0 Å². The molecule has 2 fully saturated rings. The number of imidazole rings is 2. The molecule has 3 aromatic carbocycles. The van der Waals surface area contributed by atoms with Crippen LogP contribution in [0.1, 0.15) is 70.4 Å². The molecular weight excluding hydrogens is 968 g/mol. The Bertz CT molecular complexity index is 2950. The summed E-state index contributed by atoms with van der Waals surface area (Å²) in [7, 11) is 0. The summed E-state index contributed by atoms with van der Waals surface area (Å²) in [4.78, 5) is 33.7. The second-order valence-electron chi connectivity index (χ2n) is 16.4. The number of nitrogens with one attached hydrogen (secondary N) is 5. The molecule has 67 heavy (non-hydrogen) atoms. The molecule has 2 amide bonds. The van der Waals surface area contributed by atoms with E-state index in [1.807, 2.05) is 38.1 Å². The lowest BCUT2D eigenvalue weighted by molar-refractivity contribution is -0.132. The fraction of sp³-hybridized carbons (Fsp3) is 0.304. The number of carbonyl (C=O) groups excluding carboxylic acids is 2. The summed E-state index contributed by atoms with van der Waals surface area (Å²) in [5, 5.41) is 24.4. The quantitative estimate of drug-likeness (QED) is 0.0670. The van der Waals surface area contributed by atoms with E-state index < -0.39 is 25.2 Å². The van der Waals surface area contributed by atoms with Gasteiger partial charge in [0, 0.05) is 64.2 Å². The lowest BCUT2D eigenvalue weighted by Gasteiger charge is -2.13. The number of halogens is 8. The summed E-state index contributed by atoms with van der Waals surface area (Å²) in [5.74, 6) is 0.214. The van der Waals surface area contributed by atoms with E-state index in [2.05, 4.69) is 62.7 Å². The molecule has 7 aromatic rings. The number of aromatic nitrogens is 6. The standard InChI is InChI=1S/C26H24ClF3N6O.C20H19BrF3N5O/c1-15-12-16(2-9-20(15)25(37)34-19-7-8-19)22-14-32-24-21(31-11-10-26(28,29)30)13-23(35-36(22)24)33-18-5-3-17(27)4-6-18;1-11-8-12(2-5-14(11)19(30)27-13-3-4-13)16-10-26-18-15(9-17(21)28-29(16)18)25-7-6-20(22,23)24/h2-6,9,12-14,19,31H,7-8,10-11H2,1H3,(H,33,35)(H,34,37);2,5,8-10,13,25H,3-4,6-7H2,1H3,(H,27,30). The summed E-state index contributed by atoms with van der Waals surface area (Å²) in [6, 6.07) is 21.7. The normalized spacial score (nSPS) is 13.8. The minimum absolute atomic E-state index is 0.0864. The van der Waals surface area contributed by atoms with Crippen LogP contribution < -0.4 is 26.6 Å². The van der Waals surface area contributed by atoms with Crippen LogP contribution in [-0.4, -0.2) is 78.5 Å². The van der Waals surface area contributed by atoms with Crippen LogP contribution in [0.15, 0.2) is 89.8 Å². The third-order valence-electron chi connectivity index (χ3n) is 10.8. The SMILES string of the molecule is Cc1cc(-c2cnc3c(NCCC(F)(F)F)cc(Br)nn23)ccc1C(=O)NC1CC1.Cc1cc(-c2cnc3c(NCCC(F)(F)F)cc(Nc4ccc(Cl)cc4)nn23)ccc1C(=O)NC1CC1. The van der Waals surface area contributed by atoms with Gasteiger partial charge in [-0.3, -0.25) is 9.59 Å². The largest absolute Gasteiger partial charge is 0.390 e. The number of carbonyl (C=O) groups is 2. The smallest absolute Gasteiger partial charge is 0.382 e. The first kappa shape index (κ1) is 47.1. The van der Waals surface area contributed by atoms with Crippen molar-refractivity contribution in [1.82, 2.24) is 39.8 Å². The third kappa shape index (κ3) is 12.1. The predicted octanol–water partition coefficient (Wildman–Crippen LogP) is 11.1. The van der Waals surface area contributed by atoms with E-state index in [0.717, 1.165) is 47.9 Å². The summed E-state index contributed by atoms with van der Waals surface area (Å²) in [6.45, 7) is 3.15. The third-order valence-corrected chi connectivity index (χ3v) is 11.5. The molecule has 9 rings (SSSR count). The van der Waals surface area contributed by atoms with Gasteiger partial charge < -0.3 is 26.6 Å². The fourth-order valence-corrected chi connectivity index (χ4v) is 7.63. The lowest BCUT2D eigenvalue weighted by atomic mass is 10.0. The van der Waals surface area contributed by atoms with E-state index >= 15 is 0 Å². The van der Waals surface area contributed by atoms with Crippen molar-refractivity contribution in [3.05, 3.63) is 117 Å². The molecule has 0 aliphatic heterocycles. The number of rotatable bonds is 14. The Morgan fingerprint density at radius 2 is 1.13 bits per heavy atom. The molecule has 5 N–H and O–H groups in total. The number of nitrogens with zero attached hydrogens (tertiary/aromatic N) is 6. The van der Waals surface area contributed by atoms with Crippen LogP contribution >= 0.6 is 27.5 Å². The molecule has 2 aliphatic rings. The van der Waals surface area contributed by atoms with Crippen molar-refractivity contribution in [2.45, 2.75) is 76.8 Å². The molecule has 0 spiro atoms. The first-order valence-electron chi connectivity index (χ1n) is 21.3. The predicted molar refractivity (Wildman–Crippen MR) is 248 cm³/mol. The maximum Gasteiger partial charge on any atom is 0.390 e. The zero-order chi connectivity index (χ0) is 47.6. The minimum atomic E-state index is -4.29. The van der Waals surface area contributed by atoms with Gasteiger partial charge in [-0.25, -0.2) is 19.0 Å². The molecule has 350 valence electrons. The Kier molecular flexibility index (Phi) is 13.7. The summed E-state index contributed by atoms with van der Waals surface area (Å²) in [6.07, 6.45) is -3.19. The average Bonchev–Trinajstić information content (AvgIpc) is 4.17. The highest BCUT2D eigenvalue weighted by Crippen LogP contribution is 2.32. The molecule has 21 heteroatoms. The van der Waals surface area contributed by atoms with Crippen molar-refractivity contribution in [1.29, 1.82) is 0 Å². The zero-order valence-electron chi connectivity index (χ0n) is 35.9. The van der Waals surface area contributed by atoms with Crippen LogP contribution in [0.4, 0.5) is 49.2 Å². The number of fused-ring (bicyclic) bond motifs is 2. The Hall–Kier alpha value is -6.41. The second-order valence-corrected chi connectivity index (χ2v) is 17.6. The van der Waals surface area contributed by atoms with Crippen LogP contribution in [0.5, 0.6) is 0 Å². The molecule has 13 nitrogen and oxygen atoms in total. The lowest BCUT2D eigenvalue weighted by Crippen LogP contribution is -2.26. The van der Waals surface area contributed by atoms with E-state index in [9.17, 15) is 35.9 Å². The Balaban J connectivity index is 0.000000186. The molecule has 2 aliphatic carbocycles. The topological polar surface area (TPSA) is 155 Å². The van der Waals surface area contributed by atoms with Crippen molar-refractivity contribution in [2.75, 3.05) is 29.0 Å². The molecular formula is C46H43BrClF6N11O2. The minimum Gasteiger partial charge on any atom is -0.382 e. The highest BCUT2D eigenvalue weighted by Gasteiger charge is 2.29. The Morgan fingerprint density at radius 1 is 0.672 bits per heavy atom. The highest BCUT2D eigenvalue weighted by molar-refractivity contribution is 9.10. The number of amides is 2. The molecule has 2 saturated carbocycles. The van der Waals surface area contributed by atoms with Gasteiger partial charge in [0.05, 0.1) is 48.0 Å². The van der Waals surface area contributed by atoms with Gasteiger partial charge in [0.25, 0.3) is 11.8 Å². The molecule has 0 atom stereocenters. The monoisotopic (exact) mass is 1010 g/mol. The van der Waals surface area contributed by atoms with Crippen LogP contribution in [-0.2, 0) is 0 Å².